The van der Waals surface area contributed by atoms with Crippen LogP contribution in [0.3, 0.4) is 0 Å². The Morgan fingerprint density at radius 1 is 1.33 bits per heavy atom. The Labute approximate surface area is 120 Å². The molecule has 0 unspecified atom stereocenters. The van der Waals surface area contributed by atoms with Gasteiger partial charge in [-0.2, -0.15) is 16.1 Å². The van der Waals surface area contributed by atoms with Crippen molar-refractivity contribution in [1.82, 2.24) is 4.31 Å². The molecule has 1 aliphatic heterocycles. The molecule has 0 N–H and O–H groups in total. The lowest BCUT2D eigenvalue weighted by molar-refractivity contribution is 0.395. The molecule has 0 bridgehead atoms. The molecule has 0 radical (unpaired) electrons. The highest BCUT2D eigenvalue weighted by atomic mass is 79.9. The zero-order chi connectivity index (χ0) is 13.2. The van der Waals surface area contributed by atoms with Crippen molar-refractivity contribution in [2.24, 2.45) is 0 Å². The lowest BCUT2D eigenvalue weighted by Gasteiger charge is -2.26. The van der Waals surface area contributed by atoms with Gasteiger partial charge in [0.15, 0.2) is 0 Å². The van der Waals surface area contributed by atoms with Crippen LogP contribution in [0.4, 0.5) is 0 Å². The molecule has 1 saturated heterocycles. The van der Waals surface area contributed by atoms with E-state index in [1.54, 1.807) is 30.0 Å². The molecule has 0 atom stereocenters. The van der Waals surface area contributed by atoms with Gasteiger partial charge in [0, 0.05) is 29.1 Å². The molecule has 1 aliphatic rings. The first-order chi connectivity index (χ1) is 8.55. The van der Waals surface area contributed by atoms with Gasteiger partial charge in [0.25, 0.3) is 0 Å². The van der Waals surface area contributed by atoms with Gasteiger partial charge in [-0.1, -0.05) is 15.9 Å². The number of methoxy groups -OCH3 is 1. The number of sulfonamides is 1. The fraction of sp³-hybridized carbons (Fsp3) is 0.455. The van der Waals surface area contributed by atoms with Gasteiger partial charge in [0.2, 0.25) is 10.0 Å². The molecule has 7 heteroatoms. The van der Waals surface area contributed by atoms with Crippen LogP contribution in [0.25, 0.3) is 0 Å². The lowest BCUT2D eigenvalue weighted by Crippen LogP contribution is -2.38. The zero-order valence-electron chi connectivity index (χ0n) is 9.93. The Balaban J connectivity index is 2.42. The minimum atomic E-state index is -3.46. The molecule has 1 fully saturated rings. The van der Waals surface area contributed by atoms with Crippen molar-refractivity contribution in [2.45, 2.75) is 4.90 Å². The van der Waals surface area contributed by atoms with Crippen molar-refractivity contribution in [3.63, 3.8) is 0 Å². The summed E-state index contributed by atoms with van der Waals surface area (Å²) in [6, 6.07) is 5.02. The molecule has 0 aromatic heterocycles. The number of nitrogens with zero attached hydrogens (tertiary/aromatic N) is 1. The van der Waals surface area contributed by atoms with Crippen molar-refractivity contribution in [3.05, 3.63) is 22.7 Å². The summed E-state index contributed by atoms with van der Waals surface area (Å²) in [5, 5.41) is 0. The highest BCUT2D eigenvalue weighted by molar-refractivity contribution is 9.10. The van der Waals surface area contributed by atoms with E-state index in [2.05, 4.69) is 15.9 Å². The average molecular weight is 352 g/mol. The molecule has 1 aromatic carbocycles. The second kappa shape index (κ2) is 5.81. The number of ether oxygens (including phenoxy) is 1. The molecule has 18 heavy (non-hydrogen) atoms. The molecule has 0 amide bonds. The number of thioether (sulfide) groups is 1. The quantitative estimate of drug-likeness (QED) is 0.837. The number of halogens is 1. The predicted molar refractivity (Wildman–Crippen MR) is 76.8 cm³/mol. The van der Waals surface area contributed by atoms with E-state index in [0.29, 0.717) is 18.8 Å². The summed E-state index contributed by atoms with van der Waals surface area (Å²) in [5.74, 6) is 2.07. The van der Waals surface area contributed by atoms with Crippen LogP contribution in [0.1, 0.15) is 0 Å². The summed E-state index contributed by atoms with van der Waals surface area (Å²) < 4.78 is 32.5. The van der Waals surface area contributed by atoms with Crippen LogP contribution in [0.5, 0.6) is 5.75 Å². The van der Waals surface area contributed by atoms with E-state index < -0.39 is 10.0 Å². The van der Waals surface area contributed by atoms with Crippen LogP contribution in [0.15, 0.2) is 27.6 Å². The number of rotatable bonds is 3. The van der Waals surface area contributed by atoms with Crippen molar-refractivity contribution >= 4 is 37.7 Å². The summed E-state index contributed by atoms with van der Waals surface area (Å²) in [4.78, 5) is 0.228. The summed E-state index contributed by atoms with van der Waals surface area (Å²) in [6.07, 6.45) is 0. The van der Waals surface area contributed by atoms with Gasteiger partial charge < -0.3 is 4.74 Å². The first-order valence-corrected chi connectivity index (χ1v) is 8.86. The van der Waals surface area contributed by atoms with Gasteiger partial charge in [-0.05, 0) is 18.2 Å². The molecule has 0 spiro atoms. The number of hydrogen-bond acceptors (Lipinski definition) is 4. The molecule has 2 rings (SSSR count). The molecule has 1 aromatic rings. The Kier molecular flexibility index (Phi) is 4.58. The summed E-state index contributed by atoms with van der Waals surface area (Å²) >= 11 is 5.08. The van der Waals surface area contributed by atoms with E-state index in [1.165, 1.54) is 11.4 Å². The molecule has 4 nitrogen and oxygen atoms in total. The maximum absolute atomic E-state index is 12.5. The molecule has 1 heterocycles. The standard InChI is InChI=1S/C11H14BrNO3S2/c1-16-10-3-2-9(12)8-11(10)18(14,15)13-4-6-17-7-5-13/h2-3,8H,4-7H2,1H3. The first-order valence-electron chi connectivity index (χ1n) is 5.47. The fourth-order valence-corrected chi connectivity index (χ4v) is 5.05. The van der Waals surface area contributed by atoms with Gasteiger partial charge in [0.1, 0.15) is 10.6 Å². The van der Waals surface area contributed by atoms with Crippen molar-refractivity contribution < 1.29 is 13.2 Å². The largest absolute Gasteiger partial charge is 0.495 e. The Morgan fingerprint density at radius 2 is 2.00 bits per heavy atom. The number of benzene rings is 1. The smallest absolute Gasteiger partial charge is 0.246 e. The third-order valence-corrected chi connectivity index (χ3v) is 6.07. The van der Waals surface area contributed by atoms with Crippen molar-refractivity contribution in [2.75, 3.05) is 31.7 Å². The van der Waals surface area contributed by atoms with Gasteiger partial charge in [0.05, 0.1) is 7.11 Å². The normalized spacial score (nSPS) is 17.7. The monoisotopic (exact) mass is 351 g/mol. The van der Waals surface area contributed by atoms with E-state index in [9.17, 15) is 8.42 Å². The van der Waals surface area contributed by atoms with Gasteiger partial charge in [-0.15, -0.1) is 0 Å². The molecule has 0 aliphatic carbocycles. The number of hydrogen-bond donors (Lipinski definition) is 0. The Bertz CT molecular complexity index is 527. The van der Waals surface area contributed by atoms with E-state index in [0.717, 1.165) is 16.0 Å². The summed E-state index contributed by atoms with van der Waals surface area (Å²) in [7, 11) is -1.98. The Morgan fingerprint density at radius 3 is 2.61 bits per heavy atom. The van der Waals surface area contributed by atoms with Gasteiger partial charge in [-0.3, -0.25) is 0 Å². The van der Waals surface area contributed by atoms with Crippen LogP contribution in [-0.4, -0.2) is 44.4 Å². The maximum atomic E-state index is 12.5. The third kappa shape index (κ3) is 2.84. The van der Waals surface area contributed by atoms with E-state index in [1.807, 2.05) is 0 Å². The highest BCUT2D eigenvalue weighted by Gasteiger charge is 2.29. The van der Waals surface area contributed by atoms with Gasteiger partial charge >= 0.3 is 0 Å². The van der Waals surface area contributed by atoms with E-state index in [4.69, 9.17) is 4.74 Å². The van der Waals surface area contributed by atoms with Crippen molar-refractivity contribution in [3.8, 4) is 5.75 Å². The highest BCUT2D eigenvalue weighted by Crippen LogP contribution is 2.30. The first kappa shape index (κ1) is 14.2. The van der Waals surface area contributed by atoms with Gasteiger partial charge in [-0.25, -0.2) is 8.42 Å². The topological polar surface area (TPSA) is 46.6 Å². The second-order valence-corrected chi connectivity index (χ2v) is 7.86. The SMILES string of the molecule is COc1ccc(Br)cc1S(=O)(=O)N1CCSCC1. The molecule has 100 valence electrons. The minimum absolute atomic E-state index is 0.228. The lowest BCUT2D eigenvalue weighted by atomic mass is 10.3. The molecular formula is C11H14BrNO3S2. The van der Waals surface area contributed by atoms with Crippen LogP contribution in [0.2, 0.25) is 0 Å². The van der Waals surface area contributed by atoms with Crippen LogP contribution in [-0.2, 0) is 10.0 Å². The zero-order valence-corrected chi connectivity index (χ0v) is 13.1. The average Bonchev–Trinajstić information content (AvgIpc) is 2.39. The van der Waals surface area contributed by atoms with Crippen LogP contribution < -0.4 is 4.74 Å². The van der Waals surface area contributed by atoms with E-state index >= 15 is 0 Å². The third-order valence-electron chi connectivity index (χ3n) is 2.71. The second-order valence-electron chi connectivity index (χ2n) is 3.81. The van der Waals surface area contributed by atoms with Crippen LogP contribution in [0, 0.1) is 0 Å². The van der Waals surface area contributed by atoms with Crippen molar-refractivity contribution in [1.29, 1.82) is 0 Å². The maximum Gasteiger partial charge on any atom is 0.246 e. The summed E-state index contributed by atoms with van der Waals surface area (Å²) in [5.41, 5.74) is 0. The molecule has 0 saturated carbocycles. The summed E-state index contributed by atoms with van der Waals surface area (Å²) in [6.45, 7) is 1.12. The molecular weight excluding hydrogens is 338 g/mol. The Hall–Kier alpha value is -0.240. The van der Waals surface area contributed by atoms with Crippen LogP contribution >= 0.6 is 27.7 Å². The predicted octanol–water partition coefficient (Wildman–Crippen LogP) is 2.20. The minimum Gasteiger partial charge on any atom is -0.495 e. The fourth-order valence-electron chi connectivity index (χ4n) is 1.78. The van der Waals surface area contributed by atoms with E-state index in [-0.39, 0.29) is 4.90 Å².